The second-order valence-corrected chi connectivity index (χ2v) is 7.12. The van der Waals surface area contributed by atoms with Crippen molar-refractivity contribution < 1.29 is 19.0 Å². The summed E-state index contributed by atoms with van der Waals surface area (Å²) in [6, 6.07) is 17.2. The standard InChI is InChI=1S/C21H19NO4S/c1-24-18-9-3-2-6-15(18)12-22(13-16-7-5-11-27-16)21(23)17-8-4-10-19-20(17)26-14-25-19/h2-11H,12-14H2,1H3. The number of para-hydroxylation sites is 2. The van der Waals surface area contributed by atoms with E-state index in [-0.39, 0.29) is 12.7 Å². The van der Waals surface area contributed by atoms with E-state index in [9.17, 15) is 4.79 Å². The topological polar surface area (TPSA) is 48.0 Å². The van der Waals surface area contributed by atoms with Gasteiger partial charge in [0.25, 0.3) is 5.91 Å². The van der Waals surface area contributed by atoms with Gasteiger partial charge in [0.15, 0.2) is 11.5 Å². The third-order valence-corrected chi connectivity index (χ3v) is 5.26. The zero-order chi connectivity index (χ0) is 18.6. The molecule has 0 saturated heterocycles. The molecular weight excluding hydrogens is 362 g/mol. The van der Waals surface area contributed by atoms with Crippen LogP contribution in [-0.2, 0) is 13.1 Å². The Labute approximate surface area is 161 Å². The molecule has 6 heteroatoms. The van der Waals surface area contributed by atoms with E-state index in [4.69, 9.17) is 14.2 Å². The van der Waals surface area contributed by atoms with Crippen molar-refractivity contribution in [2.75, 3.05) is 13.9 Å². The van der Waals surface area contributed by atoms with Gasteiger partial charge in [-0.05, 0) is 29.6 Å². The van der Waals surface area contributed by atoms with Crippen LogP contribution in [0.15, 0.2) is 60.0 Å². The van der Waals surface area contributed by atoms with Crippen LogP contribution in [0.2, 0.25) is 0 Å². The molecule has 0 N–H and O–H groups in total. The highest BCUT2D eigenvalue weighted by atomic mass is 32.1. The summed E-state index contributed by atoms with van der Waals surface area (Å²) in [7, 11) is 1.64. The van der Waals surface area contributed by atoms with Crippen LogP contribution in [0.5, 0.6) is 17.2 Å². The van der Waals surface area contributed by atoms with Crippen LogP contribution < -0.4 is 14.2 Å². The number of thiophene rings is 1. The van der Waals surface area contributed by atoms with E-state index in [0.29, 0.717) is 30.2 Å². The number of carbonyl (C=O) groups is 1. The number of hydrogen-bond acceptors (Lipinski definition) is 5. The van der Waals surface area contributed by atoms with Crippen LogP contribution in [0.1, 0.15) is 20.8 Å². The van der Waals surface area contributed by atoms with Crippen molar-refractivity contribution in [1.82, 2.24) is 4.90 Å². The molecular formula is C21H19NO4S. The lowest BCUT2D eigenvalue weighted by Crippen LogP contribution is -2.30. The Bertz CT molecular complexity index is 939. The minimum atomic E-state index is -0.100. The minimum absolute atomic E-state index is 0.100. The van der Waals surface area contributed by atoms with Gasteiger partial charge in [-0.1, -0.05) is 30.3 Å². The largest absolute Gasteiger partial charge is 0.496 e. The third kappa shape index (κ3) is 3.61. The number of hydrogen-bond donors (Lipinski definition) is 0. The number of benzene rings is 2. The normalized spacial score (nSPS) is 12.0. The highest BCUT2D eigenvalue weighted by Gasteiger charge is 2.26. The van der Waals surface area contributed by atoms with Gasteiger partial charge >= 0.3 is 0 Å². The molecule has 27 heavy (non-hydrogen) atoms. The summed E-state index contributed by atoms with van der Waals surface area (Å²) in [5, 5.41) is 2.01. The molecule has 0 radical (unpaired) electrons. The maximum atomic E-state index is 13.4. The van der Waals surface area contributed by atoms with Crippen LogP contribution in [-0.4, -0.2) is 24.7 Å². The summed E-state index contributed by atoms with van der Waals surface area (Å²) in [6.07, 6.45) is 0. The maximum Gasteiger partial charge on any atom is 0.258 e. The van der Waals surface area contributed by atoms with Gasteiger partial charge in [0.05, 0.1) is 25.8 Å². The second kappa shape index (κ2) is 7.72. The van der Waals surface area contributed by atoms with Gasteiger partial charge in [0.2, 0.25) is 6.79 Å². The lowest BCUT2D eigenvalue weighted by Gasteiger charge is -2.24. The number of methoxy groups -OCH3 is 1. The van der Waals surface area contributed by atoms with Crippen LogP contribution >= 0.6 is 11.3 Å². The van der Waals surface area contributed by atoms with E-state index in [1.54, 1.807) is 29.4 Å². The van der Waals surface area contributed by atoms with Crippen molar-refractivity contribution in [3.8, 4) is 17.2 Å². The van der Waals surface area contributed by atoms with Crippen molar-refractivity contribution >= 4 is 17.2 Å². The molecule has 1 aromatic heterocycles. The van der Waals surface area contributed by atoms with Crippen molar-refractivity contribution in [2.45, 2.75) is 13.1 Å². The zero-order valence-corrected chi connectivity index (χ0v) is 15.7. The van der Waals surface area contributed by atoms with Gasteiger partial charge in [-0.25, -0.2) is 0 Å². The smallest absolute Gasteiger partial charge is 0.258 e. The highest BCUT2D eigenvalue weighted by molar-refractivity contribution is 7.09. The summed E-state index contributed by atoms with van der Waals surface area (Å²) in [5.74, 6) is 1.78. The number of fused-ring (bicyclic) bond motifs is 1. The number of amides is 1. The Hall–Kier alpha value is -2.99. The molecule has 1 aliphatic rings. The number of rotatable bonds is 6. The van der Waals surface area contributed by atoms with E-state index in [1.165, 1.54) is 0 Å². The average molecular weight is 381 g/mol. The molecule has 0 unspecified atom stereocenters. The summed E-state index contributed by atoms with van der Waals surface area (Å²) in [6.45, 7) is 1.08. The quantitative estimate of drug-likeness (QED) is 0.638. The van der Waals surface area contributed by atoms with Crippen LogP contribution in [0.25, 0.3) is 0 Å². The van der Waals surface area contributed by atoms with Crippen LogP contribution in [0.3, 0.4) is 0 Å². The molecule has 3 aromatic rings. The fourth-order valence-electron chi connectivity index (χ4n) is 3.10. The first-order chi connectivity index (χ1) is 13.3. The van der Waals surface area contributed by atoms with Gasteiger partial charge < -0.3 is 19.1 Å². The number of carbonyl (C=O) groups excluding carboxylic acids is 1. The summed E-state index contributed by atoms with van der Waals surface area (Å²) in [5.41, 5.74) is 1.46. The van der Waals surface area contributed by atoms with Gasteiger partial charge in [-0.15, -0.1) is 11.3 Å². The third-order valence-electron chi connectivity index (χ3n) is 4.39. The molecule has 1 amide bonds. The Balaban J connectivity index is 1.67. The van der Waals surface area contributed by atoms with Gasteiger partial charge in [-0.2, -0.15) is 0 Å². The monoisotopic (exact) mass is 381 g/mol. The minimum Gasteiger partial charge on any atom is -0.496 e. The highest BCUT2D eigenvalue weighted by Crippen LogP contribution is 2.36. The molecule has 0 fully saturated rings. The van der Waals surface area contributed by atoms with E-state index in [2.05, 4.69) is 0 Å². The molecule has 138 valence electrons. The predicted molar refractivity (Wildman–Crippen MR) is 103 cm³/mol. The van der Waals surface area contributed by atoms with Gasteiger partial charge in [-0.3, -0.25) is 4.79 Å². The first kappa shape index (κ1) is 17.4. The average Bonchev–Trinajstić information content (AvgIpc) is 3.38. The Morgan fingerprint density at radius 1 is 1.07 bits per heavy atom. The Morgan fingerprint density at radius 3 is 2.78 bits per heavy atom. The molecule has 2 aromatic carbocycles. The molecule has 5 nitrogen and oxygen atoms in total. The molecule has 0 spiro atoms. The predicted octanol–water partition coefficient (Wildman–Crippen LogP) is 4.33. The van der Waals surface area contributed by atoms with E-state index in [0.717, 1.165) is 16.2 Å². The molecule has 1 aliphatic heterocycles. The molecule has 0 bridgehead atoms. The van der Waals surface area contributed by atoms with Crippen molar-refractivity contribution in [3.05, 3.63) is 76.0 Å². The Kier molecular flexibility index (Phi) is 4.98. The lowest BCUT2D eigenvalue weighted by molar-refractivity contribution is 0.0726. The summed E-state index contributed by atoms with van der Waals surface area (Å²) in [4.78, 5) is 16.3. The first-order valence-corrected chi connectivity index (χ1v) is 9.46. The molecule has 4 rings (SSSR count). The SMILES string of the molecule is COc1ccccc1CN(Cc1cccs1)C(=O)c1cccc2c1OCO2. The molecule has 0 aliphatic carbocycles. The maximum absolute atomic E-state index is 13.4. The number of nitrogens with zero attached hydrogens (tertiary/aromatic N) is 1. The van der Waals surface area contributed by atoms with Gasteiger partial charge in [0, 0.05) is 10.4 Å². The molecule has 0 atom stereocenters. The van der Waals surface area contributed by atoms with Crippen LogP contribution in [0.4, 0.5) is 0 Å². The fraction of sp³-hybridized carbons (Fsp3) is 0.190. The van der Waals surface area contributed by atoms with E-state index < -0.39 is 0 Å². The summed E-state index contributed by atoms with van der Waals surface area (Å²) >= 11 is 1.63. The summed E-state index contributed by atoms with van der Waals surface area (Å²) < 4.78 is 16.4. The Morgan fingerprint density at radius 2 is 1.96 bits per heavy atom. The van der Waals surface area contributed by atoms with Crippen LogP contribution in [0, 0.1) is 0 Å². The first-order valence-electron chi connectivity index (χ1n) is 8.58. The molecule has 0 saturated carbocycles. The van der Waals surface area contributed by atoms with Crippen molar-refractivity contribution in [2.24, 2.45) is 0 Å². The van der Waals surface area contributed by atoms with Crippen molar-refractivity contribution in [3.63, 3.8) is 0 Å². The second-order valence-electron chi connectivity index (χ2n) is 6.09. The van der Waals surface area contributed by atoms with Gasteiger partial charge in [0.1, 0.15) is 5.75 Å². The fourth-order valence-corrected chi connectivity index (χ4v) is 3.82. The number of ether oxygens (including phenoxy) is 3. The zero-order valence-electron chi connectivity index (χ0n) is 14.9. The lowest BCUT2D eigenvalue weighted by atomic mass is 10.1. The van der Waals surface area contributed by atoms with E-state index >= 15 is 0 Å². The van der Waals surface area contributed by atoms with E-state index in [1.807, 2.05) is 53.9 Å². The molecule has 2 heterocycles. The van der Waals surface area contributed by atoms with Crippen molar-refractivity contribution in [1.29, 1.82) is 0 Å².